The van der Waals surface area contributed by atoms with Crippen molar-refractivity contribution >= 4 is 5.69 Å². The van der Waals surface area contributed by atoms with Crippen LogP contribution < -0.4 is 10.1 Å². The molecule has 1 N–H and O–H groups in total. The van der Waals surface area contributed by atoms with Crippen LogP contribution in [0.25, 0.3) is 0 Å². The van der Waals surface area contributed by atoms with Gasteiger partial charge in [0.05, 0.1) is 19.3 Å². The zero-order valence-corrected chi connectivity index (χ0v) is 11.7. The molecule has 1 aliphatic carbocycles. The lowest BCUT2D eigenvalue weighted by atomic mass is 9.93. The number of hydrogen-bond donors (Lipinski definition) is 1. The molecule has 1 aliphatic rings. The fraction of sp³-hybridized carbons (Fsp3) is 0.400. The first-order valence-corrected chi connectivity index (χ1v) is 6.80. The summed E-state index contributed by atoms with van der Waals surface area (Å²) in [6.45, 7) is 0. The van der Waals surface area contributed by atoms with E-state index in [1.807, 2.05) is 24.0 Å². The Morgan fingerprint density at radius 3 is 3.05 bits per heavy atom. The maximum absolute atomic E-state index is 13.7. The van der Waals surface area contributed by atoms with Gasteiger partial charge in [0.1, 0.15) is 0 Å². The average Bonchev–Trinajstić information content (AvgIpc) is 2.82. The first-order valence-electron chi connectivity index (χ1n) is 6.80. The molecule has 0 amide bonds. The van der Waals surface area contributed by atoms with Gasteiger partial charge in [0, 0.05) is 30.1 Å². The Hall–Kier alpha value is -2.04. The molecule has 1 atom stereocenters. The minimum absolute atomic E-state index is 0.195. The van der Waals surface area contributed by atoms with Gasteiger partial charge in [-0.1, -0.05) is 0 Å². The van der Waals surface area contributed by atoms with Gasteiger partial charge in [-0.05, 0) is 31.4 Å². The van der Waals surface area contributed by atoms with Crippen LogP contribution in [0.3, 0.4) is 0 Å². The van der Waals surface area contributed by atoms with Gasteiger partial charge in [-0.3, -0.25) is 4.68 Å². The number of aromatic nitrogens is 2. The Morgan fingerprint density at radius 1 is 1.45 bits per heavy atom. The Kier molecular flexibility index (Phi) is 3.34. The fourth-order valence-corrected chi connectivity index (χ4v) is 2.81. The number of halogens is 1. The molecule has 4 nitrogen and oxygen atoms in total. The van der Waals surface area contributed by atoms with Crippen LogP contribution in [0.4, 0.5) is 10.1 Å². The first kappa shape index (κ1) is 13.0. The van der Waals surface area contributed by atoms with Crippen molar-refractivity contribution in [3.8, 4) is 5.75 Å². The highest BCUT2D eigenvalue weighted by atomic mass is 19.1. The summed E-state index contributed by atoms with van der Waals surface area (Å²) in [4.78, 5) is 0. The summed E-state index contributed by atoms with van der Waals surface area (Å²) < 4.78 is 20.6. The molecular formula is C15H18FN3O. The van der Waals surface area contributed by atoms with Gasteiger partial charge in [-0.2, -0.15) is 5.10 Å². The molecule has 1 aromatic heterocycles. The smallest absolute Gasteiger partial charge is 0.167 e. The number of fused-ring (bicyclic) bond motifs is 1. The normalized spacial score (nSPS) is 17.6. The number of hydrogen-bond acceptors (Lipinski definition) is 3. The Balaban J connectivity index is 1.84. The van der Waals surface area contributed by atoms with E-state index in [9.17, 15) is 4.39 Å². The highest BCUT2D eigenvalue weighted by Crippen LogP contribution is 2.33. The fourth-order valence-electron chi connectivity index (χ4n) is 2.81. The first-order chi connectivity index (χ1) is 9.69. The van der Waals surface area contributed by atoms with E-state index in [1.165, 1.54) is 24.4 Å². The zero-order valence-electron chi connectivity index (χ0n) is 11.7. The predicted octanol–water partition coefficient (Wildman–Crippen LogP) is 3.06. The summed E-state index contributed by atoms with van der Waals surface area (Å²) in [6, 6.07) is 5.15. The van der Waals surface area contributed by atoms with Gasteiger partial charge in [0.25, 0.3) is 0 Å². The molecule has 20 heavy (non-hydrogen) atoms. The van der Waals surface area contributed by atoms with Crippen LogP contribution in [-0.4, -0.2) is 16.9 Å². The molecule has 0 saturated carbocycles. The molecule has 0 radical (unpaired) electrons. The molecule has 0 bridgehead atoms. The third-order valence-corrected chi connectivity index (χ3v) is 3.87. The lowest BCUT2D eigenvalue weighted by molar-refractivity contribution is 0.386. The highest BCUT2D eigenvalue weighted by Gasteiger charge is 2.23. The second-order valence-corrected chi connectivity index (χ2v) is 5.11. The number of rotatable bonds is 3. The van der Waals surface area contributed by atoms with Gasteiger partial charge in [-0.15, -0.1) is 0 Å². The molecule has 1 heterocycles. The van der Waals surface area contributed by atoms with Crippen molar-refractivity contribution in [3.63, 3.8) is 0 Å². The van der Waals surface area contributed by atoms with Gasteiger partial charge >= 0.3 is 0 Å². The van der Waals surface area contributed by atoms with Crippen LogP contribution in [0.1, 0.15) is 30.1 Å². The molecule has 1 unspecified atom stereocenters. The van der Waals surface area contributed by atoms with Crippen LogP contribution in [-0.2, 0) is 13.5 Å². The molecule has 3 rings (SSSR count). The van der Waals surface area contributed by atoms with E-state index in [0.29, 0.717) is 0 Å². The van der Waals surface area contributed by atoms with Crippen LogP contribution >= 0.6 is 0 Å². The van der Waals surface area contributed by atoms with E-state index in [4.69, 9.17) is 4.74 Å². The molecule has 0 aliphatic heterocycles. The summed E-state index contributed by atoms with van der Waals surface area (Å²) in [5.74, 6) is -0.0824. The topological polar surface area (TPSA) is 39.1 Å². The number of aryl methyl sites for hydroxylation is 1. The van der Waals surface area contributed by atoms with Crippen LogP contribution in [0, 0.1) is 5.82 Å². The van der Waals surface area contributed by atoms with Crippen molar-refractivity contribution in [2.45, 2.75) is 25.3 Å². The molecule has 0 saturated heterocycles. The quantitative estimate of drug-likeness (QED) is 0.935. The number of benzene rings is 1. The minimum atomic E-state index is -0.347. The van der Waals surface area contributed by atoms with Crippen molar-refractivity contribution in [3.05, 3.63) is 41.5 Å². The molecular weight excluding hydrogens is 257 g/mol. The van der Waals surface area contributed by atoms with Crippen molar-refractivity contribution in [2.24, 2.45) is 7.05 Å². The van der Waals surface area contributed by atoms with E-state index in [1.54, 1.807) is 6.07 Å². The predicted molar refractivity (Wildman–Crippen MR) is 75.5 cm³/mol. The van der Waals surface area contributed by atoms with E-state index in [2.05, 4.69) is 10.4 Å². The van der Waals surface area contributed by atoms with Crippen LogP contribution in [0.5, 0.6) is 5.75 Å². The molecule has 0 spiro atoms. The molecule has 106 valence electrons. The summed E-state index contributed by atoms with van der Waals surface area (Å²) in [6.07, 6.45) is 5.11. The SMILES string of the molecule is COc1ccc(NC2CCCc3c2cnn3C)cc1F. The second kappa shape index (κ2) is 5.15. The van der Waals surface area contributed by atoms with E-state index in [0.717, 1.165) is 24.9 Å². The second-order valence-electron chi connectivity index (χ2n) is 5.11. The molecule has 1 aromatic carbocycles. The van der Waals surface area contributed by atoms with E-state index < -0.39 is 0 Å². The number of anilines is 1. The molecule has 5 heteroatoms. The number of ether oxygens (including phenoxy) is 1. The van der Waals surface area contributed by atoms with Crippen LogP contribution in [0.15, 0.2) is 24.4 Å². The highest BCUT2D eigenvalue weighted by molar-refractivity contribution is 5.49. The number of methoxy groups -OCH3 is 1. The Morgan fingerprint density at radius 2 is 2.30 bits per heavy atom. The average molecular weight is 275 g/mol. The van der Waals surface area contributed by atoms with Gasteiger partial charge < -0.3 is 10.1 Å². The van der Waals surface area contributed by atoms with Gasteiger partial charge in [-0.25, -0.2) is 4.39 Å². The van der Waals surface area contributed by atoms with Gasteiger partial charge in [0.2, 0.25) is 0 Å². The minimum Gasteiger partial charge on any atom is -0.494 e. The maximum Gasteiger partial charge on any atom is 0.167 e. The summed E-state index contributed by atoms with van der Waals surface area (Å²) >= 11 is 0. The van der Waals surface area contributed by atoms with Crippen molar-refractivity contribution in [1.29, 1.82) is 0 Å². The largest absolute Gasteiger partial charge is 0.494 e. The lowest BCUT2D eigenvalue weighted by Gasteiger charge is -2.25. The summed E-state index contributed by atoms with van der Waals surface area (Å²) in [7, 11) is 3.43. The van der Waals surface area contributed by atoms with Crippen LogP contribution in [0.2, 0.25) is 0 Å². The third kappa shape index (κ3) is 2.24. The molecule has 0 fully saturated rings. The standard InChI is InChI=1S/C15H18FN3O/c1-19-14-5-3-4-13(11(14)9-17-19)18-10-6-7-15(20-2)12(16)8-10/h6-9,13,18H,3-5H2,1-2H3. The molecule has 2 aromatic rings. The summed E-state index contributed by atoms with van der Waals surface area (Å²) in [5, 5.41) is 7.71. The summed E-state index contributed by atoms with van der Waals surface area (Å²) in [5.41, 5.74) is 3.25. The Labute approximate surface area is 117 Å². The Bertz CT molecular complexity index is 624. The lowest BCUT2D eigenvalue weighted by Crippen LogP contribution is -2.17. The number of nitrogens with zero attached hydrogens (tertiary/aromatic N) is 2. The zero-order chi connectivity index (χ0) is 14.1. The van der Waals surface area contributed by atoms with E-state index >= 15 is 0 Å². The van der Waals surface area contributed by atoms with Crippen molar-refractivity contribution in [1.82, 2.24) is 9.78 Å². The van der Waals surface area contributed by atoms with Crippen molar-refractivity contribution < 1.29 is 9.13 Å². The van der Waals surface area contributed by atoms with Crippen molar-refractivity contribution in [2.75, 3.05) is 12.4 Å². The van der Waals surface area contributed by atoms with Gasteiger partial charge in [0.15, 0.2) is 11.6 Å². The maximum atomic E-state index is 13.7. The third-order valence-electron chi connectivity index (χ3n) is 3.87. The number of nitrogens with one attached hydrogen (secondary N) is 1. The monoisotopic (exact) mass is 275 g/mol. The van der Waals surface area contributed by atoms with E-state index in [-0.39, 0.29) is 17.6 Å².